The molecule has 1 heterocycles. The maximum Gasteiger partial charge on any atom is 0.349 e. The molecule has 2 atom stereocenters. The summed E-state index contributed by atoms with van der Waals surface area (Å²) in [6.07, 6.45) is -2.53. The van der Waals surface area contributed by atoms with Crippen molar-refractivity contribution in [3.05, 3.63) is 101 Å². The number of benzene rings is 2. The van der Waals surface area contributed by atoms with Crippen molar-refractivity contribution in [3.8, 4) is 0 Å². The molecule has 0 bridgehead atoms. The minimum Gasteiger partial charge on any atom is -0.478 e. The molecule has 35 heavy (non-hydrogen) atoms. The van der Waals surface area contributed by atoms with E-state index in [1.165, 1.54) is 30.5 Å². The van der Waals surface area contributed by atoms with Gasteiger partial charge in [0.05, 0.1) is 23.4 Å². The number of carbonyl (C=O) groups excluding carboxylic acids is 3. The van der Waals surface area contributed by atoms with Crippen molar-refractivity contribution in [1.82, 2.24) is 10.3 Å². The smallest absolute Gasteiger partial charge is 0.349 e. The molecule has 0 radical (unpaired) electrons. The standard InChI is InChI=1S/C26H24N2O7/c1-16-7-5-9-18(13-16)25(32)34-21(23(29)28-15-20-11-3-4-12-27-20)22(24(30)31)35-26(33)19-10-6-8-17(2)14-19/h3-14,21-22H,15H2,1-2H3,(H,28,29)(H,30,31)/t21-,22-/m1/s1. The maximum atomic E-state index is 13.0. The van der Waals surface area contributed by atoms with Gasteiger partial charge < -0.3 is 19.9 Å². The summed E-state index contributed by atoms with van der Waals surface area (Å²) in [6, 6.07) is 17.8. The van der Waals surface area contributed by atoms with Crippen LogP contribution in [-0.2, 0) is 25.6 Å². The number of carboxylic acid groups (broad SMARTS) is 1. The fourth-order valence-corrected chi connectivity index (χ4v) is 3.19. The van der Waals surface area contributed by atoms with E-state index in [2.05, 4.69) is 10.3 Å². The molecule has 0 saturated heterocycles. The zero-order valence-electron chi connectivity index (χ0n) is 19.1. The van der Waals surface area contributed by atoms with Crippen LogP contribution in [0.5, 0.6) is 0 Å². The molecule has 180 valence electrons. The van der Waals surface area contributed by atoms with Gasteiger partial charge in [0.25, 0.3) is 5.91 Å². The highest BCUT2D eigenvalue weighted by molar-refractivity contribution is 5.96. The van der Waals surface area contributed by atoms with Crippen LogP contribution in [0, 0.1) is 13.8 Å². The lowest BCUT2D eigenvalue weighted by molar-refractivity contribution is -0.159. The highest BCUT2D eigenvalue weighted by Gasteiger charge is 2.41. The summed E-state index contributed by atoms with van der Waals surface area (Å²) in [5, 5.41) is 12.3. The van der Waals surface area contributed by atoms with E-state index in [-0.39, 0.29) is 17.7 Å². The summed E-state index contributed by atoms with van der Waals surface area (Å²) in [6.45, 7) is 3.46. The van der Waals surface area contributed by atoms with Crippen molar-refractivity contribution < 1.29 is 33.8 Å². The van der Waals surface area contributed by atoms with Gasteiger partial charge in [-0.3, -0.25) is 9.78 Å². The highest BCUT2D eigenvalue weighted by atomic mass is 16.6. The Balaban J connectivity index is 1.86. The quantitative estimate of drug-likeness (QED) is 0.451. The van der Waals surface area contributed by atoms with Gasteiger partial charge in [-0.25, -0.2) is 14.4 Å². The van der Waals surface area contributed by atoms with Crippen molar-refractivity contribution in [2.45, 2.75) is 32.6 Å². The molecule has 0 spiro atoms. The number of aryl methyl sites for hydroxylation is 2. The molecule has 0 saturated carbocycles. The van der Waals surface area contributed by atoms with E-state index < -0.39 is 36.0 Å². The SMILES string of the molecule is Cc1cccc(C(=O)O[C@@H](C(=O)O)[C@@H](OC(=O)c2cccc(C)c2)C(=O)NCc2ccccn2)c1. The molecule has 9 heteroatoms. The van der Waals surface area contributed by atoms with Crippen LogP contribution in [0.4, 0.5) is 0 Å². The van der Waals surface area contributed by atoms with Gasteiger partial charge in [0.15, 0.2) is 0 Å². The van der Waals surface area contributed by atoms with Crippen LogP contribution in [0.2, 0.25) is 0 Å². The molecule has 2 aromatic carbocycles. The average molecular weight is 476 g/mol. The molecule has 0 fully saturated rings. The Morgan fingerprint density at radius 3 is 1.89 bits per heavy atom. The first-order valence-electron chi connectivity index (χ1n) is 10.7. The first kappa shape index (κ1) is 25.1. The Morgan fingerprint density at radius 2 is 1.40 bits per heavy atom. The number of aromatic nitrogens is 1. The number of hydrogen-bond acceptors (Lipinski definition) is 7. The van der Waals surface area contributed by atoms with E-state index in [1.54, 1.807) is 56.3 Å². The maximum absolute atomic E-state index is 13.0. The fraction of sp³-hybridized carbons (Fsp3) is 0.192. The fourth-order valence-electron chi connectivity index (χ4n) is 3.19. The zero-order chi connectivity index (χ0) is 25.4. The average Bonchev–Trinajstić information content (AvgIpc) is 2.84. The van der Waals surface area contributed by atoms with Gasteiger partial charge in [-0.05, 0) is 50.2 Å². The number of nitrogens with zero attached hydrogens (tertiary/aromatic N) is 1. The van der Waals surface area contributed by atoms with Crippen molar-refractivity contribution in [1.29, 1.82) is 0 Å². The van der Waals surface area contributed by atoms with E-state index in [0.717, 1.165) is 11.1 Å². The van der Waals surface area contributed by atoms with Crippen LogP contribution >= 0.6 is 0 Å². The summed E-state index contributed by atoms with van der Waals surface area (Å²) in [5.74, 6) is -4.53. The lowest BCUT2D eigenvalue weighted by Crippen LogP contribution is -2.50. The van der Waals surface area contributed by atoms with Crippen molar-refractivity contribution >= 4 is 23.8 Å². The first-order valence-corrected chi connectivity index (χ1v) is 10.7. The Hall–Kier alpha value is -4.53. The van der Waals surface area contributed by atoms with E-state index in [0.29, 0.717) is 5.69 Å². The number of amides is 1. The van der Waals surface area contributed by atoms with Crippen LogP contribution < -0.4 is 5.32 Å². The molecule has 1 aromatic heterocycles. The largest absolute Gasteiger partial charge is 0.478 e. The van der Waals surface area contributed by atoms with E-state index in [9.17, 15) is 24.3 Å². The van der Waals surface area contributed by atoms with Gasteiger partial charge in [-0.15, -0.1) is 0 Å². The van der Waals surface area contributed by atoms with Gasteiger partial charge in [-0.2, -0.15) is 0 Å². The predicted octanol–water partition coefficient (Wildman–Crippen LogP) is 2.85. The summed E-state index contributed by atoms with van der Waals surface area (Å²) in [7, 11) is 0. The lowest BCUT2D eigenvalue weighted by Gasteiger charge is -2.23. The third-order valence-electron chi connectivity index (χ3n) is 4.92. The second kappa shape index (κ2) is 11.6. The topological polar surface area (TPSA) is 132 Å². The normalized spacial score (nSPS) is 12.2. The monoisotopic (exact) mass is 476 g/mol. The molecule has 2 N–H and O–H groups in total. The third-order valence-corrected chi connectivity index (χ3v) is 4.92. The molecule has 1 amide bonds. The van der Waals surface area contributed by atoms with E-state index in [1.807, 2.05) is 0 Å². The predicted molar refractivity (Wildman–Crippen MR) is 124 cm³/mol. The molecule has 0 aliphatic rings. The number of ether oxygens (including phenoxy) is 2. The number of carbonyl (C=O) groups is 4. The van der Waals surface area contributed by atoms with Gasteiger partial charge in [0, 0.05) is 6.20 Å². The minimum atomic E-state index is -2.10. The molecular formula is C26H24N2O7. The molecule has 0 aliphatic heterocycles. The number of carboxylic acids is 1. The molecule has 0 aliphatic carbocycles. The van der Waals surface area contributed by atoms with E-state index in [4.69, 9.17) is 9.47 Å². The number of hydrogen-bond donors (Lipinski definition) is 2. The first-order chi connectivity index (χ1) is 16.7. The summed E-state index contributed by atoms with van der Waals surface area (Å²) in [4.78, 5) is 54.6. The number of aliphatic carboxylic acids is 1. The van der Waals surface area contributed by atoms with Crippen molar-refractivity contribution in [2.75, 3.05) is 0 Å². The van der Waals surface area contributed by atoms with Crippen LogP contribution in [-0.4, -0.2) is 46.1 Å². The number of nitrogens with one attached hydrogen (secondary N) is 1. The number of rotatable bonds is 9. The van der Waals surface area contributed by atoms with Gasteiger partial charge in [0.2, 0.25) is 12.2 Å². The molecule has 9 nitrogen and oxygen atoms in total. The Labute approximate surface area is 201 Å². The van der Waals surface area contributed by atoms with Gasteiger partial charge in [-0.1, -0.05) is 41.5 Å². The lowest BCUT2D eigenvalue weighted by atomic mass is 10.1. The Morgan fingerprint density at radius 1 is 0.829 bits per heavy atom. The summed E-state index contributed by atoms with van der Waals surface area (Å²) < 4.78 is 10.5. The van der Waals surface area contributed by atoms with Crippen LogP contribution in [0.3, 0.4) is 0 Å². The number of pyridine rings is 1. The van der Waals surface area contributed by atoms with Crippen molar-refractivity contribution in [3.63, 3.8) is 0 Å². The third kappa shape index (κ3) is 6.97. The Bertz CT molecular complexity index is 1230. The van der Waals surface area contributed by atoms with Crippen LogP contribution in [0.1, 0.15) is 37.5 Å². The minimum absolute atomic E-state index is 0.0592. The summed E-state index contributed by atoms with van der Waals surface area (Å²) >= 11 is 0. The number of esters is 2. The second-order valence-electron chi connectivity index (χ2n) is 7.77. The second-order valence-corrected chi connectivity index (χ2v) is 7.77. The Kier molecular flexibility index (Phi) is 8.29. The summed E-state index contributed by atoms with van der Waals surface area (Å²) in [5.41, 5.74) is 2.21. The van der Waals surface area contributed by atoms with Crippen LogP contribution in [0.25, 0.3) is 0 Å². The van der Waals surface area contributed by atoms with Gasteiger partial charge >= 0.3 is 17.9 Å². The van der Waals surface area contributed by atoms with E-state index >= 15 is 0 Å². The van der Waals surface area contributed by atoms with Crippen LogP contribution in [0.15, 0.2) is 72.9 Å². The van der Waals surface area contributed by atoms with Crippen molar-refractivity contribution in [2.24, 2.45) is 0 Å². The van der Waals surface area contributed by atoms with Gasteiger partial charge in [0.1, 0.15) is 0 Å². The molecule has 3 aromatic rings. The highest BCUT2D eigenvalue weighted by Crippen LogP contribution is 2.15. The molecule has 0 unspecified atom stereocenters. The zero-order valence-corrected chi connectivity index (χ0v) is 19.1. The molecule has 3 rings (SSSR count). The molecular weight excluding hydrogens is 452 g/mol.